The molecule has 76 valence electrons. The summed E-state index contributed by atoms with van der Waals surface area (Å²) >= 11 is 0. The summed E-state index contributed by atoms with van der Waals surface area (Å²) in [5, 5.41) is 8.96. The molecule has 0 aliphatic rings. The van der Waals surface area contributed by atoms with E-state index >= 15 is 0 Å². The van der Waals surface area contributed by atoms with Crippen LogP contribution in [0.5, 0.6) is 0 Å². The standard InChI is InChI=1S/C11H15NO2/c1-3-10(11(13)14)12(2)9-7-5-4-6-8-9/h4-8,10H,3H2,1-2H3,(H,13,14). The molecule has 1 N–H and O–H groups in total. The van der Waals surface area contributed by atoms with Gasteiger partial charge in [-0.3, -0.25) is 0 Å². The maximum Gasteiger partial charge on any atom is 0.326 e. The normalized spacial score (nSPS) is 12.1. The molecule has 3 nitrogen and oxygen atoms in total. The first-order chi connectivity index (χ1) is 6.66. The fraction of sp³-hybridized carbons (Fsp3) is 0.364. The molecule has 1 aromatic carbocycles. The maximum atomic E-state index is 10.9. The average Bonchev–Trinajstić information content (AvgIpc) is 2.19. The molecule has 3 heteroatoms. The molecule has 1 aromatic rings. The molecule has 0 heterocycles. The van der Waals surface area contributed by atoms with Crippen LogP contribution in [-0.4, -0.2) is 24.2 Å². The molecule has 1 rings (SSSR count). The summed E-state index contributed by atoms with van der Waals surface area (Å²) in [5.74, 6) is -0.779. The number of carboxylic acids is 1. The van der Waals surface area contributed by atoms with Crippen molar-refractivity contribution in [3.63, 3.8) is 0 Å². The van der Waals surface area contributed by atoms with Gasteiger partial charge >= 0.3 is 5.97 Å². The quantitative estimate of drug-likeness (QED) is 0.795. The lowest BCUT2D eigenvalue weighted by molar-refractivity contribution is -0.138. The van der Waals surface area contributed by atoms with Crippen molar-refractivity contribution in [3.8, 4) is 0 Å². The molecule has 14 heavy (non-hydrogen) atoms. The summed E-state index contributed by atoms with van der Waals surface area (Å²) in [5.41, 5.74) is 0.932. The molecule has 0 amide bonds. The third-order valence-corrected chi connectivity index (χ3v) is 2.30. The zero-order valence-electron chi connectivity index (χ0n) is 8.47. The third-order valence-electron chi connectivity index (χ3n) is 2.30. The van der Waals surface area contributed by atoms with Crippen LogP contribution < -0.4 is 4.90 Å². The Balaban J connectivity index is 2.83. The number of likely N-dealkylation sites (N-methyl/N-ethyl adjacent to an activating group) is 1. The predicted octanol–water partition coefficient (Wildman–Crippen LogP) is 1.99. The highest BCUT2D eigenvalue weighted by molar-refractivity contribution is 5.77. The van der Waals surface area contributed by atoms with Crippen LogP contribution in [0.25, 0.3) is 0 Å². The fourth-order valence-electron chi connectivity index (χ4n) is 1.46. The number of hydrogen-bond donors (Lipinski definition) is 1. The van der Waals surface area contributed by atoms with Crippen molar-refractivity contribution >= 4 is 11.7 Å². The van der Waals surface area contributed by atoms with Crippen LogP contribution in [0.3, 0.4) is 0 Å². The van der Waals surface area contributed by atoms with Crippen LogP contribution in [-0.2, 0) is 4.79 Å². The lowest BCUT2D eigenvalue weighted by atomic mass is 10.2. The highest BCUT2D eigenvalue weighted by Gasteiger charge is 2.20. The van der Waals surface area contributed by atoms with E-state index < -0.39 is 12.0 Å². The van der Waals surface area contributed by atoms with Gasteiger partial charge in [0.2, 0.25) is 0 Å². The molecule has 0 fully saturated rings. The van der Waals surface area contributed by atoms with Gasteiger partial charge < -0.3 is 10.0 Å². The summed E-state index contributed by atoms with van der Waals surface area (Å²) in [6.45, 7) is 1.87. The van der Waals surface area contributed by atoms with Crippen molar-refractivity contribution in [2.24, 2.45) is 0 Å². The third kappa shape index (κ3) is 2.25. The zero-order chi connectivity index (χ0) is 10.6. The summed E-state index contributed by atoms with van der Waals surface area (Å²) in [7, 11) is 1.80. The molecule has 1 unspecified atom stereocenters. The van der Waals surface area contributed by atoms with Crippen molar-refractivity contribution < 1.29 is 9.90 Å². The number of aliphatic carboxylic acids is 1. The first kappa shape index (κ1) is 10.6. The van der Waals surface area contributed by atoms with E-state index in [1.165, 1.54) is 0 Å². The van der Waals surface area contributed by atoms with Gasteiger partial charge in [-0.1, -0.05) is 25.1 Å². The van der Waals surface area contributed by atoms with Crippen molar-refractivity contribution in [2.45, 2.75) is 19.4 Å². The van der Waals surface area contributed by atoms with Crippen LogP contribution >= 0.6 is 0 Å². The van der Waals surface area contributed by atoms with Crippen LogP contribution in [0.15, 0.2) is 30.3 Å². The van der Waals surface area contributed by atoms with Crippen LogP contribution in [0.4, 0.5) is 5.69 Å². The Morgan fingerprint density at radius 3 is 2.43 bits per heavy atom. The smallest absolute Gasteiger partial charge is 0.326 e. The molecule has 1 atom stereocenters. The highest BCUT2D eigenvalue weighted by atomic mass is 16.4. The predicted molar refractivity (Wildman–Crippen MR) is 56.6 cm³/mol. The number of carboxylic acid groups (broad SMARTS) is 1. The van der Waals surface area contributed by atoms with Gasteiger partial charge in [-0.25, -0.2) is 4.79 Å². The SMILES string of the molecule is CCC(C(=O)O)N(C)c1ccccc1. The lowest BCUT2D eigenvalue weighted by Crippen LogP contribution is -2.37. The molecular weight excluding hydrogens is 178 g/mol. The second kappa shape index (κ2) is 4.65. The van der Waals surface area contributed by atoms with Crippen molar-refractivity contribution in [1.82, 2.24) is 0 Å². The Labute approximate surface area is 84.0 Å². The van der Waals surface area contributed by atoms with Gasteiger partial charge in [0.15, 0.2) is 0 Å². The van der Waals surface area contributed by atoms with E-state index in [0.717, 1.165) is 5.69 Å². The number of carbonyl (C=O) groups is 1. The summed E-state index contributed by atoms with van der Waals surface area (Å²) < 4.78 is 0. The van der Waals surface area contributed by atoms with E-state index in [4.69, 9.17) is 5.11 Å². The summed E-state index contributed by atoms with van der Waals surface area (Å²) in [6, 6.07) is 9.09. The molecule has 0 radical (unpaired) electrons. The zero-order valence-corrected chi connectivity index (χ0v) is 8.47. The second-order valence-electron chi connectivity index (χ2n) is 3.21. The van der Waals surface area contributed by atoms with Gasteiger partial charge in [0.1, 0.15) is 6.04 Å². The number of anilines is 1. The number of hydrogen-bond acceptors (Lipinski definition) is 2. The van der Waals surface area contributed by atoms with E-state index in [-0.39, 0.29) is 0 Å². The first-order valence-corrected chi connectivity index (χ1v) is 4.67. The van der Waals surface area contributed by atoms with E-state index in [0.29, 0.717) is 6.42 Å². The minimum Gasteiger partial charge on any atom is -0.480 e. The largest absolute Gasteiger partial charge is 0.480 e. The van der Waals surface area contributed by atoms with E-state index in [2.05, 4.69) is 0 Å². The number of benzene rings is 1. The molecule has 0 bridgehead atoms. The Hall–Kier alpha value is -1.51. The molecule has 0 saturated heterocycles. The van der Waals surface area contributed by atoms with Gasteiger partial charge in [-0.2, -0.15) is 0 Å². The summed E-state index contributed by atoms with van der Waals surface area (Å²) in [4.78, 5) is 12.7. The monoisotopic (exact) mass is 193 g/mol. The molecule has 0 aromatic heterocycles. The first-order valence-electron chi connectivity index (χ1n) is 4.67. The highest BCUT2D eigenvalue weighted by Crippen LogP contribution is 2.15. The van der Waals surface area contributed by atoms with Crippen LogP contribution in [0.2, 0.25) is 0 Å². The van der Waals surface area contributed by atoms with Crippen molar-refractivity contribution in [1.29, 1.82) is 0 Å². The van der Waals surface area contributed by atoms with E-state index in [9.17, 15) is 4.79 Å². The number of nitrogens with zero attached hydrogens (tertiary/aromatic N) is 1. The van der Waals surface area contributed by atoms with Gasteiger partial charge in [-0.05, 0) is 18.6 Å². The van der Waals surface area contributed by atoms with Gasteiger partial charge in [-0.15, -0.1) is 0 Å². The van der Waals surface area contributed by atoms with E-state index in [1.54, 1.807) is 11.9 Å². The topological polar surface area (TPSA) is 40.5 Å². The fourth-order valence-corrected chi connectivity index (χ4v) is 1.46. The molecule has 0 aliphatic heterocycles. The van der Waals surface area contributed by atoms with Gasteiger partial charge in [0.05, 0.1) is 0 Å². The van der Waals surface area contributed by atoms with Crippen LogP contribution in [0, 0.1) is 0 Å². The lowest BCUT2D eigenvalue weighted by Gasteiger charge is -2.25. The van der Waals surface area contributed by atoms with Crippen LogP contribution in [0.1, 0.15) is 13.3 Å². The van der Waals surface area contributed by atoms with Gasteiger partial charge in [0.25, 0.3) is 0 Å². The molecule has 0 spiro atoms. The maximum absolute atomic E-state index is 10.9. The Kier molecular flexibility index (Phi) is 3.51. The second-order valence-corrected chi connectivity index (χ2v) is 3.21. The van der Waals surface area contributed by atoms with Crippen molar-refractivity contribution in [2.75, 3.05) is 11.9 Å². The minimum absolute atomic E-state index is 0.447. The van der Waals surface area contributed by atoms with Crippen molar-refractivity contribution in [3.05, 3.63) is 30.3 Å². The molecule has 0 saturated carbocycles. The Morgan fingerprint density at radius 2 is 2.00 bits per heavy atom. The molecule has 0 aliphatic carbocycles. The van der Waals surface area contributed by atoms with Gasteiger partial charge in [0, 0.05) is 12.7 Å². The molecular formula is C11H15NO2. The minimum atomic E-state index is -0.779. The summed E-state index contributed by atoms with van der Waals surface area (Å²) in [6.07, 6.45) is 0.598. The Bertz CT molecular complexity index is 297. The average molecular weight is 193 g/mol. The number of para-hydroxylation sites is 1. The number of rotatable bonds is 4. The van der Waals surface area contributed by atoms with E-state index in [1.807, 2.05) is 37.3 Å². The Morgan fingerprint density at radius 1 is 1.43 bits per heavy atom.